The molecular formula is C19H27N5O2. The van der Waals surface area contributed by atoms with E-state index >= 15 is 0 Å². The van der Waals surface area contributed by atoms with Crippen LogP contribution < -0.4 is 10.6 Å². The number of carbonyl (C=O) groups is 1. The maximum Gasteiger partial charge on any atom is 0.407 e. The average Bonchev–Trinajstić information content (AvgIpc) is 2.63. The number of aromatic nitrogens is 2. The van der Waals surface area contributed by atoms with Crippen molar-refractivity contribution in [2.45, 2.75) is 33.1 Å². The number of allylic oxidation sites excluding steroid dienone is 2. The first kappa shape index (κ1) is 19.5. The first-order valence-electron chi connectivity index (χ1n) is 8.92. The van der Waals surface area contributed by atoms with Crippen molar-refractivity contribution in [1.29, 1.82) is 0 Å². The third-order valence-corrected chi connectivity index (χ3v) is 3.82. The summed E-state index contributed by atoms with van der Waals surface area (Å²) in [6.07, 6.45) is 11.5. The van der Waals surface area contributed by atoms with Crippen LogP contribution in [0.4, 0.5) is 4.79 Å². The summed E-state index contributed by atoms with van der Waals surface area (Å²) < 4.78 is 4.85. The highest BCUT2D eigenvalue weighted by atomic mass is 16.5. The summed E-state index contributed by atoms with van der Waals surface area (Å²) in [4.78, 5) is 21.6. The zero-order valence-electron chi connectivity index (χ0n) is 15.5. The van der Waals surface area contributed by atoms with Gasteiger partial charge in [-0.3, -0.25) is 0 Å². The van der Waals surface area contributed by atoms with Crippen LogP contribution in [0.5, 0.6) is 0 Å². The Morgan fingerprint density at radius 2 is 2.15 bits per heavy atom. The third kappa shape index (κ3) is 5.91. The van der Waals surface area contributed by atoms with E-state index in [1.54, 1.807) is 6.92 Å². The highest BCUT2D eigenvalue weighted by Gasteiger charge is 2.18. The zero-order chi connectivity index (χ0) is 18.8. The van der Waals surface area contributed by atoms with Gasteiger partial charge in [-0.15, -0.1) is 0 Å². The van der Waals surface area contributed by atoms with Crippen LogP contribution in [0.15, 0.2) is 54.7 Å². The fourth-order valence-corrected chi connectivity index (χ4v) is 2.63. The van der Waals surface area contributed by atoms with E-state index in [1.165, 1.54) is 6.33 Å². The Bertz CT molecular complexity index is 670. The molecule has 26 heavy (non-hydrogen) atoms. The lowest BCUT2D eigenvalue weighted by Crippen LogP contribution is -2.35. The van der Waals surface area contributed by atoms with Crippen molar-refractivity contribution < 1.29 is 9.53 Å². The topological polar surface area (TPSA) is 79.4 Å². The van der Waals surface area contributed by atoms with Crippen LogP contribution in [-0.2, 0) is 11.2 Å². The van der Waals surface area contributed by atoms with Crippen molar-refractivity contribution >= 4 is 6.09 Å². The smallest absolute Gasteiger partial charge is 0.407 e. The fourth-order valence-electron chi connectivity index (χ4n) is 2.63. The van der Waals surface area contributed by atoms with Gasteiger partial charge < -0.3 is 20.3 Å². The summed E-state index contributed by atoms with van der Waals surface area (Å²) in [5.74, 6) is 0.828. The predicted molar refractivity (Wildman–Crippen MR) is 101 cm³/mol. The van der Waals surface area contributed by atoms with Gasteiger partial charge in [-0.2, -0.15) is 0 Å². The van der Waals surface area contributed by atoms with Crippen molar-refractivity contribution in [2.24, 2.45) is 0 Å². The summed E-state index contributed by atoms with van der Waals surface area (Å²) in [7, 11) is 0. The molecule has 140 valence electrons. The summed E-state index contributed by atoms with van der Waals surface area (Å²) in [6.45, 7) is 9.67. The number of ether oxygens (including phenoxy) is 1. The van der Waals surface area contributed by atoms with Crippen LogP contribution in [0, 0.1) is 0 Å². The van der Waals surface area contributed by atoms with E-state index in [4.69, 9.17) is 4.74 Å². The lowest BCUT2D eigenvalue weighted by atomic mass is 10.0. The van der Waals surface area contributed by atoms with Crippen molar-refractivity contribution in [2.75, 3.05) is 19.7 Å². The summed E-state index contributed by atoms with van der Waals surface area (Å²) in [6, 6.07) is 0. The van der Waals surface area contributed by atoms with E-state index in [9.17, 15) is 4.79 Å². The second kappa shape index (κ2) is 10.2. The van der Waals surface area contributed by atoms with Crippen LogP contribution in [0.1, 0.15) is 32.3 Å². The quantitative estimate of drug-likeness (QED) is 0.697. The molecule has 0 aromatic carbocycles. The number of amides is 1. The molecule has 0 spiro atoms. The Kier molecular flexibility index (Phi) is 7.67. The number of alkyl carbamates (subject to hydrolysis) is 1. The van der Waals surface area contributed by atoms with E-state index in [1.807, 2.05) is 12.4 Å². The van der Waals surface area contributed by atoms with E-state index < -0.39 is 0 Å². The normalized spacial score (nSPS) is 15.5. The van der Waals surface area contributed by atoms with Gasteiger partial charge >= 0.3 is 6.09 Å². The summed E-state index contributed by atoms with van der Waals surface area (Å²) in [5, 5.41) is 6.11. The molecule has 0 unspecified atom stereocenters. The maximum absolute atomic E-state index is 11.3. The van der Waals surface area contributed by atoms with Gasteiger partial charge in [0.15, 0.2) is 0 Å². The van der Waals surface area contributed by atoms with Gasteiger partial charge in [0.2, 0.25) is 0 Å². The van der Waals surface area contributed by atoms with Crippen molar-refractivity contribution in [3.8, 4) is 0 Å². The molecular weight excluding hydrogens is 330 g/mol. The summed E-state index contributed by atoms with van der Waals surface area (Å²) >= 11 is 0. The highest BCUT2D eigenvalue weighted by Crippen LogP contribution is 2.22. The molecule has 0 bridgehead atoms. The monoisotopic (exact) mass is 357 g/mol. The van der Waals surface area contributed by atoms with Crippen molar-refractivity contribution in [1.82, 2.24) is 25.5 Å². The molecule has 2 heterocycles. The zero-order valence-corrected chi connectivity index (χ0v) is 15.5. The first-order chi connectivity index (χ1) is 12.6. The molecule has 7 nitrogen and oxygen atoms in total. The van der Waals surface area contributed by atoms with Gasteiger partial charge in [0.05, 0.1) is 6.61 Å². The molecule has 2 N–H and O–H groups in total. The molecule has 0 saturated carbocycles. The Labute approximate surface area is 154 Å². The Morgan fingerprint density at radius 3 is 2.85 bits per heavy atom. The van der Waals surface area contributed by atoms with Crippen LogP contribution in [0.25, 0.3) is 0 Å². The molecule has 1 aliphatic heterocycles. The molecule has 0 atom stereocenters. The Hall–Kier alpha value is -2.83. The highest BCUT2D eigenvalue weighted by molar-refractivity contribution is 5.66. The molecule has 1 aromatic heterocycles. The lowest BCUT2D eigenvalue weighted by molar-refractivity contribution is 0.152. The number of hydrogen-bond donors (Lipinski definition) is 2. The van der Waals surface area contributed by atoms with Crippen LogP contribution in [0.2, 0.25) is 0 Å². The third-order valence-electron chi connectivity index (χ3n) is 3.82. The van der Waals surface area contributed by atoms with Gasteiger partial charge in [0.1, 0.15) is 12.1 Å². The van der Waals surface area contributed by atoms with Gasteiger partial charge in [-0.25, -0.2) is 14.8 Å². The SMILES string of the molecule is C=C1N/C(=C\CC)C(Cc2cncnc2)=CN1CCCNC(=O)OCC. The molecule has 2 rings (SSSR count). The van der Waals surface area contributed by atoms with Crippen LogP contribution >= 0.6 is 0 Å². The maximum atomic E-state index is 11.3. The average molecular weight is 357 g/mol. The first-order valence-corrected chi connectivity index (χ1v) is 8.92. The van der Waals surface area contributed by atoms with E-state index in [0.717, 1.165) is 48.5 Å². The van der Waals surface area contributed by atoms with E-state index in [-0.39, 0.29) is 6.09 Å². The van der Waals surface area contributed by atoms with Crippen molar-refractivity contribution in [3.05, 3.63) is 60.2 Å². The minimum atomic E-state index is -0.378. The van der Waals surface area contributed by atoms with E-state index in [2.05, 4.69) is 51.3 Å². The molecule has 0 aliphatic carbocycles. The van der Waals surface area contributed by atoms with Crippen LogP contribution in [0.3, 0.4) is 0 Å². The van der Waals surface area contributed by atoms with Gasteiger partial charge in [0.25, 0.3) is 0 Å². The van der Waals surface area contributed by atoms with Crippen LogP contribution in [-0.4, -0.2) is 40.7 Å². The standard InChI is InChI=1S/C19H27N5O2/c1-4-7-18-17(10-16-11-20-14-21-12-16)13-24(15(3)23-18)9-6-8-22-19(25)26-5-2/h7,11-14,23H,3-6,8-10H2,1-2H3,(H,22,25)/b18-7-. The second-order valence-electron chi connectivity index (χ2n) is 5.87. The minimum absolute atomic E-state index is 0.376. The molecule has 0 saturated heterocycles. The summed E-state index contributed by atoms with van der Waals surface area (Å²) in [5.41, 5.74) is 3.29. The van der Waals surface area contributed by atoms with E-state index in [0.29, 0.717) is 13.2 Å². The fraction of sp³-hybridized carbons (Fsp3) is 0.421. The molecule has 1 aromatic rings. The number of carbonyl (C=O) groups excluding carboxylic acids is 1. The number of hydrogen-bond acceptors (Lipinski definition) is 6. The number of nitrogens with one attached hydrogen (secondary N) is 2. The largest absolute Gasteiger partial charge is 0.450 e. The number of nitrogens with zero attached hydrogens (tertiary/aromatic N) is 3. The van der Waals surface area contributed by atoms with Gasteiger partial charge in [0, 0.05) is 43.8 Å². The number of rotatable bonds is 8. The molecule has 1 aliphatic rings. The molecule has 0 radical (unpaired) electrons. The Balaban J connectivity index is 2.00. The molecule has 1 amide bonds. The van der Waals surface area contributed by atoms with Crippen molar-refractivity contribution in [3.63, 3.8) is 0 Å². The molecule has 0 fully saturated rings. The van der Waals surface area contributed by atoms with Gasteiger partial charge in [-0.1, -0.05) is 19.6 Å². The van der Waals surface area contributed by atoms with Gasteiger partial charge in [-0.05, 0) is 30.9 Å². The lowest BCUT2D eigenvalue weighted by Gasteiger charge is -2.32. The predicted octanol–water partition coefficient (Wildman–Crippen LogP) is 2.71. The molecule has 7 heteroatoms. The minimum Gasteiger partial charge on any atom is -0.450 e. The second-order valence-corrected chi connectivity index (χ2v) is 5.87. The Morgan fingerprint density at radius 1 is 1.38 bits per heavy atom.